The number of carbonyl (C=O) groups excluding carboxylic acids is 1. The first kappa shape index (κ1) is 45.6. The number of hydrogen-bond donors (Lipinski definition) is 0. The number of esters is 1. The molecule has 7 heteroatoms. The molecule has 0 fully saturated rings. The van der Waals surface area contributed by atoms with E-state index in [0.717, 1.165) is 38.2 Å². The molecule has 0 amide bonds. The largest absolute Gasteiger partial charge is 0.469 e. The number of methoxy groups -OCH3 is 1. The summed E-state index contributed by atoms with van der Waals surface area (Å²) >= 11 is 14.8. The van der Waals surface area contributed by atoms with Crippen molar-refractivity contribution in [3.8, 4) is 0 Å². The summed E-state index contributed by atoms with van der Waals surface area (Å²) in [5.74, 6) is -0.203. The molecule has 4 aromatic carbocycles. The second kappa shape index (κ2) is 18.0. The number of fused-ring (bicyclic) bond motifs is 6. The molecule has 0 spiro atoms. The van der Waals surface area contributed by atoms with Gasteiger partial charge in [-0.1, -0.05) is 115 Å². The molecule has 4 aromatic rings. The highest BCUT2D eigenvalue weighted by molar-refractivity contribution is 9.10. The smallest absolute Gasteiger partial charge is 0.311 e. The summed E-state index contributed by atoms with van der Waals surface area (Å²) in [6.45, 7) is 27.4. The van der Waals surface area contributed by atoms with E-state index in [4.69, 9.17) is 16.3 Å². The summed E-state index contributed by atoms with van der Waals surface area (Å²) in [6, 6.07) is 22.1. The zero-order valence-electron chi connectivity index (χ0n) is 36.8. The fraction of sp³-hybridized carbons (Fsp3) is 0.412. The van der Waals surface area contributed by atoms with Gasteiger partial charge in [-0.15, -0.1) is 0 Å². The molecule has 1 unspecified atom stereocenters. The van der Waals surface area contributed by atoms with Crippen molar-refractivity contribution in [1.29, 1.82) is 0 Å². The van der Waals surface area contributed by atoms with Gasteiger partial charge in [0.05, 0.1) is 17.9 Å². The zero-order chi connectivity index (χ0) is 42.9. The molecule has 3 aliphatic rings. The van der Waals surface area contributed by atoms with Crippen molar-refractivity contribution in [3.05, 3.63) is 127 Å². The van der Waals surface area contributed by atoms with Gasteiger partial charge in [0.1, 0.15) is 6.54 Å². The van der Waals surface area contributed by atoms with E-state index < -0.39 is 5.41 Å². The molecular formula is C51H62Br2ClN2O2+. The van der Waals surface area contributed by atoms with Crippen LogP contribution in [0.25, 0.3) is 21.5 Å². The van der Waals surface area contributed by atoms with E-state index in [1.165, 1.54) is 62.6 Å². The molecule has 1 aliphatic carbocycles. The summed E-state index contributed by atoms with van der Waals surface area (Å²) in [5.41, 5.74) is 8.55. The van der Waals surface area contributed by atoms with Crippen molar-refractivity contribution in [3.63, 3.8) is 0 Å². The van der Waals surface area contributed by atoms with Crippen molar-refractivity contribution < 1.29 is 14.1 Å². The molecule has 308 valence electrons. The number of halogens is 3. The van der Waals surface area contributed by atoms with Gasteiger partial charge in [0.25, 0.3) is 0 Å². The summed E-state index contributed by atoms with van der Waals surface area (Å²) in [5, 5.41) is 5.76. The van der Waals surface area contributed by atoms with E-state index in [-0.39, 0.29) is 22.7 Å². The topological polar surface area (TPSA) is 32.6 Å². The lowest BCUT2D eigenvalue weighted by molar-refractivity contribution is -0.433. The molecule has 4 nitrogen and oxygen atoms in total. The van der Waals surface area contributed by atoms with E-state index in [1.54, 1.807) is 0 Å². The predicted octanol–water partition coefficient (Wildman–Crippen LogP) is 15.3. The molecule has 1 atom stereocenters. The van der Waals surface area contributed by atoms with Gasteiger partial charge in [0, 0.05) is 55.0 Å². The molecule has 0 N–H and O–H groups in total. The van der Waals surface area contributed by atoms with E-state index in [9.17, 15) is 4.79 Å². The summed E-state index contributed by atoms with van der Waals surface area (Å²) in [6.07, 6.45) is 10.3. The lowest BCUT2D eigenvalue weighted by Crippen LogP contribution is -2.36. The van der Waals surface area contributed by atoms with Crippen LogP contribution in [0.5, 0.6) is 0 Å². The second-order valence-corrected chi connectivity index (χ2v) is 18.7. The number of hydrogen-bond acceptors (Lipinski definition) is 3. The molecule has 58 heavy (non-hydrogen) atoms. The Balaban J connectivity index is 0.00000155. The molecular weight excluding hydrogens is 868 g/mol. The van der Waals surface area contributed by atoms with Crippen molar-refractivity contribution in [2.24, 2.45) is 11.3 Å². The standard InChI is InChI=1S/C47H50Br2ClN2O2.2C2H6/c1-10-51-37-20-12-28-26-33(48)16-18-35(28)41(37)46(5,6)39(51)22-14-30-24-32(45(3,4)44(53)54-9)25-31(43(30)50)15-23-40-47(7,8)42-36-19-17-34(49)27-29(36)13-21-38(42)52(40)11-2;2*1-2/h12-23,26-27,32H,10-11,24-25H2,1-9H3;2*1-2H3/q+1;;. The third-order valence-corrected chi connectivity index (χ3v) is 13.8. The monoisotopic (exact) mass is 927 g/mol. The molecule has 2 aliphatic heterocycles. The fourth-order valence-electron chi connectivity index (χ4n) is 9.38. The molecule has 0 saturated carbocycles. The number of allylic oxidation sites excluding steroid dienone is 8. The number of anilines is 1. The second-order valence-electron chi connectivity index (χ2n) is 16.5. The van der Waals surface area contributed by atoms with Crippen LogP contribution in [0.2, 0.25) is 0 Å². The van der Waals surface area contributed by atoms with Gasteiger partial charge in [-0.25, -0.2) is 0 Å². The first-order valence-electron chi connectivity index (χ1n) is 21.0. The maximum Gasteiger partial charge on any atom is 0.311 e. The fourth-order valence-corrected chi connectivity index (χ4v) is 10.4. The van der Waals surface area contributed by atoms with Gasteiger partial charge in [0.15, 0.2) is 5.71 Å². The summed E-state index contributed by atoms with van der Waals surface area (Å²) in [4.78, 5) is 15.7. The minimum Gasteiger partial charge on any atom is -0.469 e. The lowest BCUT2D eigenvalue weighted by Gasteiger charge is -2.36. The molecule has 7 rings (SSSR count). The highest BCUT2D eigenvalue weighted by Crippen LogP contribution is 2.52. The van der Waals surface area contributed by atoms with Crippen molar-refractivity contribution in [2.75, 3.05) is 25.1 Å². The average Bonchev–Trinajstić information content (AvgIpc) is 3.58. The zero-order valence-corrected chi connectivity index (χ0v) is 40.8. The Morgan fingerprint density at radius 3 is 2.00 bits per heavy atom. The third-order valence-electron chi connectivity index (χ3n) is 12.4. The molecule has 0 aromatic heterocycles. The maximum absolute atomic E-state index is 13.3. The number of likely N-dealkylation sites (N-methyl/N-ethyl adjacent to an activating group) is 1. The van der Waals surface area contributed by atoms with Gasteiger partial charge in [-0.2, -0.15) is 4.58 Å². The Hall–Kier alpha value is -3.45. The normalized spacial score (nSPS) is 19.7. The summed E-state index contributed by atoms with van der Waals surface area (Å²) < 4.78 is 9.95. The minimum atomic E-state index is -0.707. The SMILES string of the molecule is CC.CC.CCN1/C(=C/C=C2\CC(C(C)(C)C(=O)OC)CC(/C=C/C3=[N+](CC)c4ccc5cc(Br)ccc5c4C3(C)C)=C2Cl)C(C)(C)c2c1ccc1cc(Br)ccc21. The Morgan fingerprint density at radius 2 is 1.43 bits per heavy atom. The average molecular weight is 930 g/mol. The molecule has 2 heterocycles. The first-order chi connectivity index (χ1) is 27.6. The van der Waals surface area contributed by atoms with Crippen LogP contribution in [0.1, 0.15) is 107 Å². The number of nitrogens with zero attached hydrogens (tertiary/aromatic N) is 2. The number of ether oxygens (including phenoxy) is 1. The Bertz CT molecular complexity index is 2390. The summed E-state index contributed by atoms with van der Waals surface area (Å²) in [7, 11) is 1.48. The van der Waals surface area contributed by atoms with E-state index >= 15 is 0 Å². The van der Waals surface area contributed by atoms with Gasteiger partial charge in [-0.05, 0) is 141 Å². The Kier molecular flexibility index (Phi) is 14.2. The van der Waals surface area contributed by atoms with Gasteiger partial charge in [-0.3, -0.25) is 4.79 Å². The van der Waals surface area contributed by atoms with Crippen molar-refractivity contribution in [2.45, 2.75) is 107 Å². The van der Waals surface area contributed by atoms with Crippen LogP contribution in [0.15, 0.2) is 116 Å². The van der Waals surface area contributed by atoms with Crippen LogP contribution >= 0.6 is 43.5 Å². The maximum atomic E-state index is 13.3. The third kappa shape index (κ3) is 7.95. The minimum absolute atomic E-state index is 0.00124. The van der Waals surface area contributed by atoms with Crippen molar-refractivity contribution >= 4 is 88.1 Å². The highest BCUT2D eigenvalue weighted by atomic mass is 79.9. The van der Waals surface area contributed by atoms with Crippen LogP contribution in [-0.4, -0.2) is 36.5 Å². The Morgan fingerprint density at radius 1 is 0.845 bits per heavy atom. The van der Waals surface area contributed by atoms with Crippen LogP contribution in [0.3, 0.4) is 0 Å². The van der Waals surface area contributed by atoms with Gasteiger partial charge >= 0.3 is 5.97 Å². The molecule has 0 radical (unpaired) electrons. The van der Waals surface area contributed by atoms with Gasteiger partial charge < -0.3 is 9.64 Å². The lowest BCUT2D eigenvalue weighted by atomic mass is 9.69. The number of rotatable bonds is 7. The van der Waals surface area contributed by atoms with E-state index in [0.29, 0.717) is 12.8 Å². The van der Waals surface area contributed by atoms with E-state index in [2.05, 4.69) is 168 Å². The highest BCUT2D eigenvalue weighted by Gasteiger charge is 2.46. The first-order valence-corrected chi connectivity index (χ1v) is 23.0. The van der Waals surface area contributed by atoms with Crippen molar-refractivity contribution in [1.82, 2.24) is 0 Å². The quantitative estimate of drug-likeness (QED) is 0.137. The Labute approximate surface area is 370 Å². The van der Waals surface area contributed by atoms with Gasteiger partial charge in [0.2, 0.25) is 5.69 Å². The van der Waals surface area contributed by atoms with Crippen LogP contribution in [0, 0.1) is 11.3 Å². The van der Waals surface area contributed by atoms with Crippen LogP contribution in [-0.2, 0) is 20.4 Å². The van der Waals surface area contributed by atoms with E-state index in [1.807, 2.05) is 41.5 Å². The predicted molar refractivity (Wildman–Crippen MR) is 257 cm³/mol. The van der Waals surface area contributed by atoms with Crippen LogP contribution < -0.4 is 4.90 Å². The number of benzene rings is 4. The number of carbonyl (C=O) groups is 1. The molecule has 0 saturated heterocycles. The molecule has 0 bridgehead atoms. The van der Waals surface area contributed by atoms with Crippen LogP contribution in [0.4, 0.5) is 11.4 Å².